The molecule has 3 heterocycles. The van der Waals surface area contributed by atoms with E-state index >= 15 is 0 Å². The second-order valence-electron chi connectivity index (χ2n) is 13.3. The summed E-state index contributed by atoms with van der Waals surface area (Å²) in [5.74, 6) is -0.880. The fourth-order valence-electron chi connectivity index (χ4n) is 6.46. The lowest BCUT2D eigenvalue weighted by molar-refractivity contribution is -0.157. The first-order valence-corrected chi connectivity index (χ1v) is 18.1. The highest BCUT2D eigenvalue weighted by atomic mass is 35.5. The van der Waals surface area contributed by atoms with Gasteiger partial charge in [0.25, 0.3) is 0 Å². The van der Waals surface area contributed by atoms with Gasteiger partial charge >= 0.3 is 12.1 Å². The highest BCUT2D eigenvalue weighted by Crippen LogP contribution is 2.49. The largest absolute Gasteiger partial charge is 0.495 e. The Kier molecular flexibility index (Phi) is 12.9. The molecule has 2 fully saturated rings. The van der Waals surface area contributed by atoms with Crippen molar-refractivity contribution in [3.05, 3.63) is 46.5 Å². The van der Waals surface area contributed by atoms with Gasteiger partial charge in [0.1, 0.15) is 41.2 Å². The van der Waals surface area contributed by atoms with Crippen LogP contribution >= 0.6 is 23.4 Å². The molecular formula is C35H48ClN3O10S. The standard InChI is InChI=1S/C35H48ClN3O10S/c1-20-10-9-11-26(46-7)35(44)18-25(47-33(43)37-35)21(2)32-34(3,49-32)27(48-30(42)19-38(4)28(40)12-13-50-8)17-29(41)39(5)23-15-22(14-20)16-24(45-6)31(23)36/h9-11,15-16,21,25-27,32,44H,12-14,17-19H2,1-8H3,(H,37,43)/b11-9+,20-10+/t21-,25+,26-,27+,32+,34+,35+/m1/s1. The quantitative estimate of drug-likeness (QED) is 0.295. The minimum atomic E-state index is -1.81. The van der Waals surface area contributed by atoms with Crippen LogP contribution in [0.4, 0.5) is 10.5 Å². The van der Waals surface area contributed by atoms with Crippen LogP contribution in [0.2, 0.25) is 5.02 Å². The average molecular weight is 738 g/mol. The minimum Gasteiger partial charge on any atom is -0.495 e. The molecule has 13 nitrogen and oxygen atoms in total. The van der Waals surface area contributed by atoms with Gasteiger partial charge in [-0.25, -0.2) is 4.79 Å². The Hall–Kier alpha value is -3.30. The van der Waals surface area contributed by atoms with Crippen LogP contribution in [-0.2, 0) is 39.8 Å². The van der Waals surface area contributed by atoms with E-state index in [9.17, 15) is 24.3 Å². The number of fused-ring (bicyclic) bond motifs is 5. The van der Waals surface area contributed by atoms with Crippen molar-refractivity contribution in [3.63, 3.8) is 0 Å². The summed E-state index contributed by atoms with van der Waals surface area (Å²) < 4.78 is 29.0. The summed E-state index contributed by atoms with van der Waals surface area (Å²) in [4.78, 5) is 55.3. The maximum absolute atomic E-state index is 14.0. The first-order chi connectivity index (χ1) is 23.6. The summed E-state index contributed by atoms with van der Waals surface area (Å²) in [6.45, 7) is 5.12. The molecule has 2 N–H and O–H groups in total. The van der Waals surface area contributed by atoms with Crippen molar-refractivity contribution < 1.29 is 48.0 Å². The number of carbonyl (C=O) groups excluding carboxylic acids is 4. The molecule has 4 rings (SSSR count). The molecule has 0 spiro atoms. The molecule has 0 aliphatic carbocycles. The Morgan fingerprint density at radius 1 is 1.26 bits per heavy atom. The molecule has 15 heteroatoms. The number of hydrogen-bond donors (Lipinski definition) is 2. The van der Waals surface area contributed by atoms with Gasteiger partial charge in [-0.1, -0.05) is 42.3 Å². The Labute approximate surface area is 302 Å². The highest BCUT2D eigenvalue weighted by molar-refractivity contribution is 7.98. The van der Waals surface area contributed by atoms with Crippen LogP contribution in [0.15, 0.2) is 35.9 Å². The summed E-state index contributed by atoms with van der Waals surface area (Å²) in [6.07, 6.45) is 3.21. The van der Waals surface area contributed by atoms with E-state index in [0.29, 0.717) is 23.6 Å². The number of thioether (sulfide) groups is 1. The van der Waals surface area contributed by atoms with Crippen LogP contribution < -0.4 is 15.0 Å². The summed E-state index contributed by atoms with van der Waals surface area (Å²) in [5.41, 5.74) is -0.855. The van der Waals surface area contributed by atoms with E-state index in [1.54, 1.807) is 45.2 Å². The number of ether oxygens (including phenoxy) is 5. The second-order valence-corrected chi connectivity index (χ2v) is 14.6. The molecule has 3 aliphatic heterocycles. The van der Waals surface area contributed by atoms with Gasteiger partial charge in [-0.05, 0) is 44.2 Å². The normalized spacial score (nSPS) is 31.7. The number of allylic oxidation sites excluding steroid dienone is 3. The van der Waals surface area contributed by atoms with Gasteiger partial charge in [-0.3, -0.25) is 19.7 Å². The van der Waals surface area contributed by atoms with E-state index in [0.717, 1.165) is 11.1 Å². The number of rotatable bonds is 8. The third-order valence-electron chi connectivity index (χ3n) is 9.54. The Balaban J connectivity index is 1.74. The van der Waals surface area contributed by atoms with Crippen molar-refractivity contribution in [1.82, 2.24) is 10.2 Å². The van der Waals surface area contributed by atoms with E-state index in [2.05, 4.69) is 5.32 Å². The number of hydrogen-bond acceptors (Lipinski definition) is 11. The fraction of sp³-hybridized carbons (Fsp3) is 0.600. The number of epoxide rings is 1. The second kappa shape index (κ2) is 16.4. The lowest BCUT2D eigenvalue weighted by Gasteiger charge is -2.42. The van der Waals surface area contributed by atoms with Gasteiger partial charge in [-0.2, -0.15) is 11.8 Å². The lowest BCUT2D eigenvalue weighted by Crippen LogP contribution is -2.63. The van der Waals surface area contributed by atoms with Crippen molar-refractivity contribution in [2.24, 2.45) is 5.92 Å². The van der Waals surface area contributed by atoms with E-state index < -0.39 is 59.6 Å². The number of aliphatic hydroxyl groups is 1. The van der Waals surface area contributed by atoms with Crippen molar-refractivity contribution in [2.45, 2.75) is 82.2 Å². The van der Waals surface area contributed by atoms with Gasteiger partial charge < -0.3 is 38.6 Å². The zero-order valence-corrected chi connectivity index (χ0v) is 31.4. The van der Waals surface area contributed by atoms with Gasteiger partial charge in [0.15, 0.2) is 5.72 Å². The number of amides is 3. The number of anilines is 1. The van der Waals surface area contributed by atoms with Crippen molar-refractivity contribution >= 4 is 52.9 Å². The third-order valence-corrected chi connectivity index (χ3v) is 10.5. The topological polar surface area (TPSA) is 156 Å². The molecule has 276 valence electrons. The molecule has 0 radical (unpaired) electrons. The molecule has 1 aromatic carbocycles. The summed E-state index contributed by atoms with van der Waals surface area (Å²) in [6, 6.07) is 3.59. The van der Waals surface area contributed by atoms with Gasteiger partial charge in [0.05, 0.1) is 25.3 Å². The van der Waals surface area contributed by atoms with Gasteiger partial charge in [0.2, 0.25) is 11.8 Å². The number of carbonyl (C=O) groups is 4. The smallest absolute Gasteiger partial charge is 0.409 e. The predicted octanol–water partition coefficient (Wildman–Crippen LogP) is 3.88. The fourth-order valence-corrected chi connectivity index (χ4v) is 7.16. The summed E-state index contributed by atoms with van der Waals surface area (Å²) >= 11 is 8.25. The Morgan fingerprint density at radius 2 is 1.98 bits per heavy atom. The van der Waals surface area contributed by atoms with Crippen LogP contribution in [0.3, 0.4) is 0 Å². The first kappa shape index (κ1) is 39.5. The minimum absolute atomic E-state index is 0.0411. The van der Waals surface area contributed by atoms with Gasteiger partial charge in [0, 0.05) is 45.7 Å². The van der Waals surface area contributed by atoms with Crippen LogP contribution in [0.5, 0.6) is 5.75 Å². The van der Waals surface area contributed by atoms with E-state index in [1.165, 1.54) is 42.8 Å². The van der Waals surface area contributed by atoms with Gasteiger partial charge in [-0.15, -0.1) is 0 Å². The number of alkyl carbamates (subject to hydrolysis) is 1. The molecule has 1 aromatic rings. The van der Waals surface area contributed by atoms with Crippen LogP contribution in [0.25, 0.3) is 0 Å². The highest BCUT2D eigenvalue weighted by Gasteiger charge is 2.64. The Bertz CT molecular complexity index is 1520. The molecule has 4 bridgehead atoms. The van der Waals surface area contributed by atoms with Crippen molar-refractivity contribution in [3.8, 4) is 5.75 Å². The van der Waals surface area contributed by atoms with Crippen molar-refractivity contribution in [2.75, 3.05) is 51.8 Å². The molecule has 3 amide bonds. The molecule has 2 saturated heterocycles. The first-order valence-electron chi connectivity index (χ1n) is 16.4. The molecule has 7 atom stereocenters. The van der Waals surface area contributed by atoms with Crippen LogP contribution in [0, 0.1) is 5.92 Å². The zero-order valence-electron chi connectivity index (χ0n) is 29.8. The monoisotopic (exact) mass is 737 g/mol. The zero-order chi connectivity index (χ0) is 37.0. The molecule has 0 aromatic heterocycles. The predicted molar refractivity (Wildman–Crippen MR) is 189 cm³/mol. The number of methoxy groups -OCH3 is 2. The SMILES string of the molecule is COc1cc2cc(c1Cl)N(C)C(=O)C[C@H](OC(=O)CN(C)C(=O)CCSC)[C@]1(C)O[C@H]1[C@H](C)[C@@H]1C[C@@](O)(NC(=O)O1)[C@H](OC)/C=C/C=C(\C)C2. The van der Waals surface area contributed by atoms with Crippen LogP contribution in [0.1, 0.15) is 45.6 Å². The number of likely N-dealkylation sites (N-methyl/N-ethyl adjacent to an activating group) is 1. The van der Waals surface area contributed by atoms with Crippen molar-refractivity contribution in [1.29, 1.82) is 0 Å². The maximum atomic E-state index is 14.0. The average Bonchev–Trinajstić information content (AvgIpc) is 3.76. The number of halogens is 1. The van der Waals surface area contributed by atoms with E-state index in [1.807, 2.05) is 19.3 Å². The summed E-state index contributed by atoms with van der Waals surface area (Å²) in [7, 11) is 6.02. The molecule has 0 unspecified atom stereocenters. The molecule has 3 aliphatic rings. The van der Waals surface area contributed by atoms with E-state index in [-0.39, 0.29) is 36.7 Å². The molecule has 50 heavy (non-hydrogen) atoms. The number of benzene rings is 1. The number of nitrogens with one attached hydrogen (secondary N) is 1. The number of nitrogens with zero attached hydrogens (tertiary/aromatic N) is 2. The number of esters is 1. The van der Waals surface area contributed by atoms with E-state index in [4.69, 9.17) is 35.3 Å². The third kappa shape index (κ3) is 8.94. The maximum Gasteiger partial charge on any atom is 0.409 e. The molecule has 0 saturated carbocycles. The lowest BCUT2D eigenvalue weighted by atomic mass is 9.83. The molecular weight excluding hydrogens is 690 g/mol. The Morgan fingerprint density at radius 3 is 2.64 bits per heavy atom. The van der Waals surface area contributed by atoms with Crippen LogP contribution in [-0.4, -0.2) is 116 Å². The summed E-state index contributed by atoms with van der Waals surface area (Å²) in [5, 5.41) is 14.4.